The normalized spacial score (nSPS) is 10.9. The maximum atomic E-state index is 12.5. The fraction of sp³-hybridized carbons (Fsp3) is 0.0909. The lowest BCUT2D eigenvalue weighted by Crippen LogP contribution is -2.18. The van der Waals surface area contributed by atoms with E-state index in [1.807, 2.05) is 0 Å². The van der Waals surface area contributed by atoms with Crippen molar-refractivity contribution in [1.29, 1.82) is 0 Å². The number of sulfonamides is 1. The van der Waals surface area contributed by atoms with Crippen molar-refractivity contribution in [3.63, 3.8) is 0 Å². The van der Waals surface area contributed by atoms with E-state index >= 15 is 0 Å². The summed E-state index contributed by atoms with van der Waals surface area (Å²) in [6, 6.07) is 19.2. The van der Waals surface area contributed by atoms with Crippen molar-refractivity contribution in [3.8, 4) is 0 Å². The highest BCUT2D eigenvalue weighted by Gasteiger charge is 2.16. The summed E-state index contributed by atoms with van der Waals surface area (Å²) < 4.78 is 27.5. The van der Waals surface area contributed by atoms with Crippen LogP contribution in [0.3, 0.4) is 0 Å². The summed E-state index contributed by atoms with van der Waals surface area (Å²) in [5.41, 5.74) is 2.55. The first-order valence-electron chi connectivity index (χ1n) is 9.12. The van der Waals surface area contributed by atoms with Gasteiger partial charge in [0.2, 0.25) is 0 Å². The molecule has 0 radical (unpaired) electrons. The second-order valence-corrected chi connectivity index (χ2v) is 8.24. The van der Waals surface area contributed by atoms with Gasteiger partial charge in [-0.05, 0) is 67.1 Å². The zero-order valence-electron chi connectivity index (χ0n) is 16.5. The van der Waals surface area contributed by atoms with Gasteiger partial charge in [0.05, 0.1) is 4.90 Å². The van der Waals surface area contributed by atoms with Crippen LogP contribution in [0.2, 0.25) is 0 Å². The lowest BCUT2D eigenvalue weighted by atomic mass is 10.1. The van der Waals surface area contributed by atoms with Crippen LogP contribution in [0.15, 0.2) is 77.7 Å². The van der Waals surface area contributed by atoms with E-state index in [0.29, 0.717) is 22.5 Å². The van der Waals surface area contributed by atoms with Crippen molar-refractivity contribution in [3.05, 3.63) is 89.5 Å². The van der Waals surface area contributed by atoms with E-state index in [4.69, 9.17) is 0 Å². The second-order valence-electron chi connectivity index (χ2n) is 6.56. The summed E-state index contributed by atoms with van der Waals surface area (Å²) in [4.78, 5) is 24.3. The summed E-state index contributed by atoms with van der Waals surface area (Å²) in [7, 11) is -2.21. The van der Waals surface area contributed by atoms with E-state index in [0.717, 1.165) is 5.56 Å². The molecule has 3 N–H and O–H groups in total. The molecule has 0 saturated heterocycles. The van der Waals surface area contributed by atoms with Crippen molar-refractivity contribution in [2.75, 3.05) is 17.1 Å². The SMILES string of the molecule is CNC(=O)c1ccc(NC(=O)c2ccc(S(=O)(=O)Nc3ccccc3)cc2)c(C)c1. The monoisotopic (exact) mass is 423 g/mol. The molecule has 0 bridgehead atoms. The summed E-state index contributed by atoms with van der Waals surface area (Å²) in [5.74, 6) is -0.595. The van der Waals surface area contributed by atoms with Gasteiger partial charge in [-0.15, -0.1) is 0 Å². The number of para-hydroxylation sites is 1. The van der Waals surface area contributed by atoms with Crippen LogP contribution < -0.4 is 15.4 Å². The van der Waals surface area contributed by atoms with E-state index in [1.54, 1.807) is 62.5 Å². The fourth-order valence-electron chi connectivity index (χ4n) is 2.79. The van der Waals surface area contributed by atoms with Gasteiger partial charge in [0.15, 0.2) is 0 Å². The first-order valence-corrected chi connectivity index (χ1v) is 10.6. The molecule has 0 heterocycles. The molecule has 0 unspecified atom stereocenters. The number of aryl methyl sites for hydroxylation is 1. The van der Waals surface area contributed by atoms with Crippen LogP contribution in [0.1, 0.15) is 26.3 Å². The zero-order chi connectivity index (χ0) is 21.7. The number of carbonyl (C=O) groups is 2. The molecule has 0 aliphatic carbocycles. The molecule has 0 aliphatic rings. The summed E-state index contributed by atoms with van der Waals surface area (Å²) in [6.07, 6.45) is 0. The quantitative estimate of drug-likeness (QED) is 0.565. The van der Waals surface area contributed by atoms with E-state index in [9.17, 15) is 18.0 Å². The number of anilines is 2. The first-order chi connectivity index (χ1) is 14.3. The molecule has 0 atom stereocenters. The van der Waals surface area contributed by atoms with E-state index < -0.39 is 10.0 Å². The standard InChI is InChI=1S/C22H21N3O4S/c1-15-14-17(21(26)23-2)10-13-20(15)24-22(27)16-8-11-19(12-9-16)30(28,29)25-18-6-4-3-5-7-18/h3-14,25H,1-2H3,(H,23,26)(H,24,27). The maximum absolute atomic E-state index is 12.5. The van der Waals surface area contributed by atoms with Crippen molar-refractivity contribution in [2.24, 2.45) is 0 Å². The van der Waals surface area contributed by atoms with Crippen molar-refractivity contribution < 1.29 is 18.0 Å². The Labute approximate surface area is 175 Å². The molecule has 7 nitrogen and oxygen atoms in total. The average Bonchev–Trinajstić information content (AvgIpc) is 2.75. The van der Waals surface area contributed by atoms with Gasteiger partial charge in [-0.3, -0.25) is 14.3 Å². The Morgan fingerprint density at radius 3 is 2.03 bits per heavy atom. The summed E-state index contributed by atoms with van der Waals surface area (Å²) >= 11 is 0. The average molecular weight is 423 g/mol. The van der Waals surface area contributed by atoms with E-state index in [-0.39, 0.29) is 16.7 Å². The Morgan fingerprint density at radius 1 is 0.800 bits per heavy atom. The molecule has 0 aliphatic heterocycles. The van der Waals surface area contributed by atoms with Crippen molar-refractivity contribution >= 4 is 33.2 Å². The molecule has 30 heavy (non-hydrogen) atoms. The highest BCUT2D eigenvalue weighted by Crippen LogP contribution is 2.19. The first kappa shape index (κ1) is 21.1. The topological polar surface area (TPSA) is 104 Å². The van der Waals surface area contributed by atoms with Crippen LogP contribution in [0.25, 0.3) is 0 Å². The van der Waals surface area contributed by atoms with Crippen LogP contribution in [-0.4, -0.2) is 27.3 Å². The third kappa shape index (κ3) is 4.84. The number of benzene rings is 3. The van der Waals surface area contributed by atoms with Crippen molar-refractivity contribution in [1.82, 2.24) is 5.32 Å². The van der Waals surface area contributed by atoms with Crippen LogP contribution in [0.4, 0.5) is 11.4 Å². The molecular weight excluding hydrogens is 402 g/mol. The number of nitrogens with one attached hydrogen (secondary N) is 3. The van der Waals surface area contributed by atoms with Gasteiger partial charge >= 0.3 is 0 Å². The lowest BCUT2D eigenvalue weighted by Gasteiger charge is -2.11. The van der Waals surface area contributed by atoms with Crippen LogP contribution >= 0.6 is 0 Å². The highest BCUT2D eigenvalue weighted by molar-refractivity contribution is 7.92. The predicted octanol–water partition coefficient (Wildman–Crippen LogP) is 3.41. The summed E-state index contributed by atoms with van der Waals surface area (Å²) in [5, 5.41) is 5.32. The smallest absolute Gasteiger partial charge is 0.261 e. The largest absolute Gasteiger partial charge is 0.355 e. The van der Waals surface area contributed by atoms with Gasteiger partial charge < -0.3 is 10.6 Å². The maximum Gasteiger partial charge on any atom is 0.261 e. The Bertz CT molecular complexity index is 1170. The minimum absolute atomic E-state index is 0.0500. The number of hydrogen-bond donors (Lipinski definition) is 3. The highest BCUT2D eigenvalue weighted by atomic mass is 32.2. The molecule has 2 amide bonds. The number of rotatable bonds is 6. The molecule has 0 fully saturated rings. The van der Waals surface area contributed by atoms with Crippen LogP contribution in [0.5, 0.6) is 0 Å². The molecule has 3 aromatic rings. The zero-order valence-corrected chi connectivity index (χ0v) is 17.3. The second kappa shape index (κ2) is 8.79. The third-order valence-corrected chi connectivity index (χ3v) is 5.81. The molecular formula is C22H21N3O4S. The minimum atomic E-state index is -3.76. The van der Waals surface area contributed by atoms with Gasteiger partial charge in [0.25, 0.3) is 21.8 Å². The van der Waals surface area contributed by atoms with Crippen molar-refractivity contribution in [2.45, 2.75) is 11.8 Å². The number of carbonyl (C=O) groups excluding carboxylic acids is 2. The molecule has 0 aromatic heterocycles. The molecule has 0 saturated carbocycles. The molecule has 3 rings (SSSR count). The fourth-order valence-corrected chi connectivity index (χ4v) is 3.85. The third-order valence-electron chi connectivity index (χ3n) is 4.42. The van der Waals surface area contributed by atoms with Crippen LogP contribution in [0, 0.1) is 6.92 Å². The number of hydrogen-bond acceptors (Lipinski definition) is 4. The minimum Gasteiger partial charge on any atom is -0.355 e. The summed E-state index contributed by atoms with van der Waals surface area (Å²) in [6.45, 7) is 1.78. The molecule has 0 spiro atoms. The Morgan fingerprint density at radius 2 is 1.43 bits per heavy atom. The Balaban J connectivity index is 1.73. The van der Waals surface area contributed by atoms with Gasteiger partial charge in [-0.1, -0.05) is 18.2 Å². The lowest BCUT2D eigenvalue weighted by molar-refractivity contribution is 0.0962. The molecule has 154 valence electrons. The molecule has 8 heteroatoms. The number of amides is 2. The van der Waals surface area contributed by atoms with E-state index in [2.05, 4.69) is 15.4 Å². The van der Waals surface area contributed by atoms with Gasteiger partial charge in [0.1, 0.15) is 0 Å². The van der Waals surface area contributed by atoms with Gasteiger partial charge in [-0.2, -0.15) is 0 Å². The Hall–Kier alpha value is -3.65. The van der Waals surface area contributed by atoms with Gasteiger partial charge in [0, 0.05) is 29.5 Å². The van der Waals surface area contributed by atoms with Crippen LogP contribution in [-0.2, 0) is 10.0 Å². The molecule has 3 aromatic carbocycles. The van der Waals surface area contributed by atoms with Gasteiger partial charge in [-0.25, -0.2) is 8.42 Å². The predicted molar refractivity (Wildman–Crippen MR) is 116 cm³/mol. The Kier molecular flexibility index (Phi) is 6.17. The van der Waals surface area contributed by atoms with E-state index in [1.165, 1.54) is 24.3 Å².